The molecule has 0 bridgehead atoms. The van der Waals surface area contributed by atoms with Crippen LogP contribution in [-0.4, -0.2) is 25.4 Å². The number of hydrogen-bond donors (Lipinski definition) is 0. The largest absolute Gasteiger partial charge is 0.313 e. The molecular weight excluding hydrogens is 320 g/mol. The van der Waals surface area contributed by atoms with Crippen LogP contribution in [-0.2, 0) is 9.59 Å². The van der Waals surface area contributed by atoms with Crippen molar-refractivity contribution in [1.29, 1.82) is 0 Å². The Labute approximate surface area is 145 Å². The summed E-state index contributed by atoms with van der Waals surface area (Å²) in [6, 6.07) is 11.9. The topological polar surface area (TPSA) is 40.6 Å². The molecule has 1 saturated carbocycles. The van der Waals surface area contributed by atoms with Gasteiger partial charge in [-0.1, -0.05) is 12.1 Å². The van der Waals surface area contributed by atoms with Crippen molar-refractivity contribution >= 4 is 34.5 Å². The number of nitrogens with zero attached hydrogens (tertiary/aromatic N) is 2. The number of thiophene rings is 1. The molecule has 2 unspecified atom stereocenters. The normalized spacial score (nSPS) is 23.0. The van der Waals surface area contributed by atoms with Crippen molar-refractivity contribution in [3.05, 3.63) is 46.2 Å². The summed E-state index contributed by atoms with van der Waals surface area (Å²) in [5.41, 5.74) is 1.67. The van der Waals surface area contributed by atoms with Crippen molar-refractivity contribution in [2.75, 3.05) is 23.4 Å². The molecule has 2 heterocycles. The summed E-state index contributed by atoms with van der Waals surface area (Å²) in [7, 11) is 1.78. The maximum atomic E-state index is 13.1. The van der Waals surface area contributed by atoms with Crippen molar-refractivity contribution < 1.29 is 9.59 Å². The van der Waals surface area contributed by atoms with Crippen molar-refractivity contribution in [3.8, 4) is 0 Å². The highest BCUT2D eigenvalue weighted by molar-refractivity contribution is 7.12. The zero-order valence-electron chi connectivity index (χ0n) is 13.9. The van der Waals surface area contributed by atoms with Crippen LogP contribution in [0, 0.1) is 12.8 Å². The van der Waals surface area contributed by atoms with Crippen LogP contribution < -0.4 is 9.80 Å². The number of anilines is 2. The van der Waals surface area contributed by atoms with E-state index in [-0.39, 0.29) is 17.7 Å². The predicted molar refractivity (Wildman–Crippen MR) is 96.7 cm³/mol. The fraction of sp³-hybridized carbons (Fsp3) is 0.368. The minimum atomic E-state index is 0.0506. The van der Waals surface area contributed by atoms with Crippen LogP contribution in [0.3, 0.4) is 0 Å². The van der Waals surface area contributed by atoms with E-state index in [9.17, 15) is 9.59 Å². The number of carbonyl (C=O) groups excluding carboxylic acids is 2. The zero-order valence-corrected chi connectivity index (χ0v) is 14.7. The molecule has 124 valence electrons. The van der Waals surface area contributed by atoms with E-state index in [1.165, 1.54) is 9.75 Å². The summed E-state index contributed by atoms with van der Waals surface area (Å²) in [6.07, 6.45) is 1.29. The van der Waals surface area contributed by atoms with E-state index in [1.807, 2.05) is 29.2 Å². The van der Waals surface area contributed by atoms with Crippen LogP contribution in [0.5, 0.6) is 0 Å². The van der Waals surface area contributed by atoms with Gasteiger partial charge >= 0.3 is 0 Å². The Kier molecular flexibility index (Phi) is 3.68. The summed E-state index contributed by atoms with van der Waals surface area (Å²) in [5.74, 6) is 0.607. The second kappa shape index (κ2) is 5.74. The number of amides is 2. The van der Waals surface area contributed by atoms with Crippen molar-refractivity contribution in [2.45, 2.75) is 25.7 Å². The molecule has 1 fully saturated rings. The van der Waals surface area contributed by atoms with E-state index in [1.54, 1.807) is 23.3 Å². The third-order valence-electron chi connectivity index (χ3n) is 4.96. The summed E-state index contributed by atoms with van der Waals surface area (Å²) in [6.45, 7) is 2.56. The second-order valence-electron chi connectivity index (χ2n) is 6.58. The lowest BCUT2D eigenvalue weighted by Crippen LogP contribution is -2.33. The lowest BCUT2D eigenvalue weighted by Gasteiger charge is -2.23. The number of carbonyl (C=O) groups is 2. The van der Waals surface area contributed by atoms with Gasteiger partial charge in [0, 0.05) is 41.6 Å². The van der Waals surface area contributed by atoms with Crippen molar-refractivity contribution in [2.24, 2.45) is 5.92 Å². The van der Waals surface area contributed by atoms with E-state index in [0.29, 0.717) is 18.9 Å². The molecule has 5 heteroatoms. The van der Waals surface area contributed by atoms with E-state index in [0.717, 1.165) is 17.8 Å². The molecule has 2 atom stereocenters. The van der Waals surface area contributed by atoms with E-state index in [4.69, 9.17) is 0 Å². The summed E-state index contributed by atoms with van der Waals surface area (Å²) in [5, 5.41) is 0. The van der Waals surface area contributed by atoms with Crippen LogP contribution in [0.15, 0.2) is 36.4 Å². The first kappa shape index (κ1) is 15.4. The molecule has 0 N–H and O–H groups in total. The quantitative estimate of drug-likeness (QED) is 0.839. The van der Waals surface area contributed by atoms with E-state index in [2.05, 4.69) is 19.1 Å². The van der Waals surface area contributed by atoms with Gasteiger partial charge in [0.15, 0.2) is 0 Å². The average molecular weight is 340 g/mol. The van der Waals surface area contributed by atoms with Gasteiger partial charge in [-0.2, -0.15) is 0 Å². The van der Waals surface area contributed by atoms with Gasteiger partial charge in [-0.3, -0.25) is 9.59 Å². The van der Waals surface area contributed by atoms with Crippen LogP contribution in [0.1, 0.15) is 28.5 Å². The number of aryl methyl sites for hydroxylation is 1. The van der Waals surface area contributed by atoms with Crippen LogP contribution >= 0.6 is 11.3 Å². The predicted octanol–water partition coefficient (Wildman–Crippen LogP) is 3.56. The highest BCUT2D eigenvalue weighted by Crippen LogP contribution is 2.51. The lowest BCUT2D eigenvalue weighted by molar-refractivity contribution is -0.120. The third-order valence-corrected chi connectivity index (χ3v) is 6.09. The Balaban J connectivity index is 1.61. The molecule has 2 aliphatic rings. The highest BCUT2D eigenvalue weighted by atomic mass is 32.1. The Morgan fingerprint density at radius 3 is 2.62 bits per heavy atom. The molecule has 1 aliphatic heterocycles. The van der Waals surface area contributed by atoms with E-state index < -0.39 is 0 Å². The van der Waals surface area contributed by atoms with Crippen LogP contribution in [0.2, 0.25) is 0 Å². The molecule has 1 aromatic heterocycles. The first-order valence-electron chi connectivity index (χ1n) is 8.29. The summed E-state index contributed by atoms with van der Waals surface area (Å²) >= 11 is 1.78. The van der Waals surface area contributed by atoms with Gasteiger partial charge in [-0.05, 0) is 37.6 Å². The van der Waals surface area contributed by atoms with Gasteiger partial charge in [-0.15, -0.1) is 11.3 Å². The Hall–Kier alpha value is -2.14. The van der Waals surface area contributed by atoms with Gasteiger partial charge in [-0.25, -0.2) is 0 Å². The smallest absolute Gasteiger partial charge is 0.230 e. The Morgan fingerprint density at radius 2 is 1.92 bits per heavy atom. The maximum Gasteiger partial charge on any atom is 0.230 e. The lowest BCUT2D eigenvalue weighted by atomic mass is 10.2. The maximum absolute atomic E-state index is 13.1. The van der Waals surface area contributed by atoms with Gasteiger partial charge < -0.3 is 9.80 Å². The third kappa shape index (κ3) is 2.53. The zero-order chi connectivity index (χ0) is 16.8. The average Bonchev–Trinajstić information content (AvgIpc) is 3.30. The minimum Gasteiger partial charge on any atom is -0.313 e. The van der Waals surface area contributed by atoms with Gasteiger partial charge in [0.1, 0.15) is 0 Å². The monoisotopic (exact) mass is 340 g/mol. The van der Waals surface area contributed by atoms with E-state index >= 15 is 0 Å². The molecular formula is C19H20N2O2S. The Morgan fingerprint density at radius 1 is 1.17 bits per heavy atom. The molecule has 1 aromatic carbocycles. The number of rotatable bonds is 2. The number of fused-ring (bicyclic) bond motifs is 1. The minimum absolute atomic E-state index is 0.0506. The molecule has 4 nitrogen and oxygen atoms in total. The van der Waals surface area contributed by atoms with Crippen LogP contribution in [0.4, 0.5) is 11.4 Å². The van der Waals surface area contributed by atoms with Gasteiger partial charge in [0.05, 0.1) is 11.4 Å². The molecule has 2 amide bonds. The Bertz CT molecular complexity index is 813. The van der Waals surface area contributed by atoms with Gasteiger partial charge in [0.2, 0.25) is 11.8 Å². The molecule has 0 saturated heterocycles. The van der Waals surface area contributed by atoms with Crippen molar-refractivity contribution in [3.63, 3.8) is 0 Å². The van der Waals surface area contributed by atoms with Crippen molar-refractivity contribution in [1.82, 2.24) is 0 Å². The molecule has 1 aliphatic carbocycles. The summed E-state index contributed by atoms with van der Waals surface area (Å²) < 4.78 is 0. The highest BCUT2D eigenvalue weighted by Gasteiger charge is 2.47. The number of hydrogen-bond acceptors (Lipinski definition) is 3. The van der Waals surface area contributed by atoms with Crippen LogP contribution in [0.25, 0.3) is 0 Å². The number of benzene rings is 1. The number of para-hydroxylation sites is 2. The van der Waals surface area contributed by atoms with Gasteiger partial charge in [0.25, 0.3) is 0 Å². The SMILES string of the molecule is Cc1ccc(C2CC2C(=O)N2CCC(=O)N(C)c3ccccc32)s1. The molecule has 4 rings (SSSR count). The first-order chi connectivity index (χ1) is 11.6. The fourth-order valence-electron chi connectivity index (χ4n) is 3.47. The first-order valence-corrected chi connectivity index (χ1v) is 9.11. The second-order valence-corrected chi connectivity index (χ2v) is 7.90. The summed E-state index contributed by atoms with van der Waals surface area (Å²) in [4.78, 5) is 31.4. The molecule has 0 spiro atoms. The fourth-order valence-corrected chi connectivity index (χ4v) is 4.53. The molecule has 2 aromatic rings. The molecule has 24 heavy (non-hydrogen) atoms. The standard InChI is InChI=1S/C19H20N2O2S/c1-12-7-8-17(24-12)13-11-14(13)19(23)21-10-9-18(22)20(2)15-5-3-4-6-16(15)21/h3-8,13-14H,9-11H2,1-2H3. The molecule has 0 radical (unpaired) electrons.